The zero-order chi connectivity index (χ0) is 25.8. The summed E-state index contributed by atoms with van der Waals surface area (Å²) in [6, 6.07) is 14.6. The van der Waals surface area contributed by atoms with Gasteiger partial charge in [-0.05, 0) is 49.1 Å². The Morgan fingerprint density at radius 1 is 1.00 bits per heavy atom. The molecule has 0 saturated carbocycles. The highest BCUT2D eigenvalue weighted by atomic mass is 16.5. The van der Waals surface area contributed by atoms with Crippen molar-refractivity contribution in [3.8, 4) is 5.75 Å². The van der Waals surface area contributed by atoms with E-state index in [0.29, 0.717) is 48.3 Å². The van der Waals surface area contributed by atoms with E-state index in [-0.39, 0.29) is 11.7 Å². The lowest BCUT2D eigenvalue weighted by Gasteiger charge is -2.37. The average molecular weight is 490 g/mol. The molecule has 2 atom stereocenters. The van der Waals surface area contributed by atoms with Crippen LogP contribution in [0, 0.1) is 0 Å². The van der Waals surface area contributed by atoms with Crippen molar-refractivity contribution in [3.05, 3.63) is 87.8 Å². The predicted molar refractivity (Wildman–Crippen MR) is 135 cm³/mol. The second-order valence-corrected chi connectivity index (χ2v) is 9.01. The molecule has 1 heterocycles. The van der Waals surface area contributed by atoms with Crippen molar-refractivity contribution < 1.29 is 28.6 Å². The molecule has 1 aliphatic heterocycles. The van der Waals surface area contributed by atoms with E-state index in [9.17, 15) is 14.4 Å². The molecule has 36 heavy (non-hydrogen) atoms. The van der Waals surface area contributed by atoms with Crippen LogP contribution in [0.15, 0.2) is 71.1 Å². The van der Waals surface area contributed by atoms with Crippen molar-refractivity contribution in [2.24, 2.45) is 0 Å². The van der Waals surface area contributed by atoms with Gasteiger partial charge in [0.2, 0.25) is 0 Å². The molecule has 4 rings (SSSR count). The Bertz CT molecular complexity index is 1240. The summed E-state index contributed by atoms with van der Waals surface area (Å²) in [7, 11) is 2.95. The van der Waals surface area contributed by atoms with E-state index in [1.807, 2.05) is 38.1 Å². The summed E-state index contributed by atoms with van der Waals surface area (Å²) < 4.78 is 15.9. The third-order valence-corrected chi connectivity index (χ3v) is 6.73. The molecule has 1 N–H and O–H groups in total. The normalized spacial score (nSPS) is 19.4. The molecule has 0 aromatic heterocycles. The second kappa shape index (κ2) is 10.8. The van der Waals surface area contributed by atoms with Crippen molar-refractivity contribution >= 4 is 17.7 Å². The summed E-state index contributed by atoms with van der Waals surface area (Å²) >= 11 is 0. The Balaban J connectivity index is 1.78. The lowest BCUT2D eigenvalue weighted by atomic mass is 9.71. The van der Waals surface area contributed by atoms with Crippen LogP contribution in [0.5, 0.6) is 5.75 Å². The lowest BCUT2D eigenvalue weighted by Crippen LogP contribution is -2.36. The van der Waals surface area contributed by atoms with Crippen LogP contribution in [0.25, 0.3) is 0 Å². The molecule has 0 saturated heterocycles. The largest absolute Gasteiger partial charge is 0.496 e. The van der Waals surface area contributed by atoms with Gasteiger partial charge >= 0.3 is 11.9 Å². The van der Waals surface area contributed by atoms with Crippen molar-refractivity contribution in [2.45, 2.75) is 44.9 Å². The zero-order valence-corrected chi connectivity index (χ0v) is 21.1. The van der Waals surface area contributed by atoms with Gasteiger partial charge in [-0.15, -0.1) is 0 Å². The van der Waals surface area contributed by atoms with Crippen LogP contribution in [0.2, 0.25) is 0 Å². The summed E-state index contributed by atoms with van der Waals surface area (Å²) in [5.41, 5.74) is 4.56. The average Bonchev–Trinajstić information content (AvgIpc) is 2.90. The van der Waals surface area contributed by atoms with Crippen molar-refractivity contribution in [2.75, 3.05) is 20.8 Å². The molecule has 7 nitrogen and oxygen atoms in total. The van der Waals surface area contributed by atoms with Crippen LogP contribution in [-0.4, -0.2) is 38.5 Å². The first kappa shape index (κ1) is 25.2. The van der Waals surface area contributed by atoms with E-state index < -0.39 is 17.9 Å². The molecular formula is C29H31NO6. The third kappa shape index (κ3) is 4.78. The number of carbonyl (C=O) groups is 3. The number of rotatable bonds is 7. The van der Waals surface area contributed by atoms with Crippen LogP contribution in [-0.2, 0) is 19.1 Å². The number of ether oxygens (including phenoxy) is 3. The SMILES string of the molecule is CCCOC(=O)C1=C(C)NC2=C(C(=O)C[C@H](c3ccccc3OC)C2)[C@H]1c1ccc(C(=O)OC)cc1. The van der Waals surface area contributed by atoms with Gasteiger partial charge in [0.05, 0.1) is 32.0 Å². The van der Waals surface area contributed by atoms with Crippen molar-refractivity contribution in [3.63, 3.8) is 0 Å². The Morgan fingerprint density at radius 3 is 2.39 bits per heavy atom. The minimum atomic E-state index is -0.594. The second-order valence-electron chi connectivity index (χ2n) is 9.01. The molecule has 188 valence electrons. The maximum absolute atomic E-state index is 13.7. The van der Waals surface area contributed by atoms with Gasteiger partial charge in [0.15, 0.2) is 5.78 Å². The fourth-order valence-electron chi connectivity index (χ4n) is 5.07. The fourth-order valence-corrected chi connectivity index (χ4v) is 5.07. The Kier molecular flexibility index (Phi) is 7.58. The zero-order valence-electron chi connectivity index (χ0n) is 21.1. The van der Waals surface area contributed by atoms with Gasteiger partial charge in [-0.25, -0.2) is 9.59 Å². The van der Waals surface area contributed by atoms with E-state index in [4.69, 9.17) is 14.2 Å². The number of para-hydroxylation sites is 1. The molecule has 0 fully saturated rings. The molecule has 2 aromatic carbocycles. The number of methoxy groups -OCH3 is 2. The first-order chi connectivity index (χ1) is 17.4. The van der Waals surface area contributed by atoms with Gasteiger partial charge in [-0.2, -0.15) is 0 Å². The van der Waals surface area contributed by atoms with Gasteiger partial charge in [0, 0.05) is 35.2 Å². The standard InChI is InChI=1S/C29H31NO6/c1-5-14-36-29(33)25-17(2)30-22-15-20(21-8-6-7-9-24(21)34-3)16-23(31)27(22)26(25)18-10-12-19(13-11-18)28(32)35-4/h6-13,20,26,30H,5,14-16H2,1-4H3/t20-,26+/m1/s1. The van der Waals surface area contributed by atoms with E-state index in [2.05, 4.69) is 5.32 Å². The summed E-state index contributed by atoms with van der Waals surface area (Å²) in [6.07, 6.45) is 1.60. The van der Waals surface area contributed by atoms with Crippen LogP contribution in [0.1, 0.15) is 66.4 Å². The van der Waals surface area contributed by atoms with Gasteiger partial charge in [-0.1, -0.05) is 37.3 Å². The van der Waals surface area contributed by atoms with Crippen LogP contribution < -0.4 is 10.1 Å². The van der Waals surface area contributed by atoms with Gasteiger partial charge in [0.25, 0.3) is 0 Å². The molecule has 1 aliphatic carbocycles. The molecule has 0 amide bonds. The van der Waals surface area contributed by atoms with Gasteiger partial charge in [-0.3, -0.25) is 4.79 Å². The number of hydrogen-bond acceptors (Lipinski definition) is 7. The van der Waals surface area contributed by atoms with Gasteiger partial charge < -0.3 is 19.5 Å². The Labute approximate surface area is 211 Å². The fraction of sp³-hybridized carbons (Fsp3) is 0.345. The van der Waals surface area contributed by atoms with Crippen LogP contribution in [0.4, 0.5) is 0 Å². The maximum atomic E-state index is 13.7. The highest BCUT2D eigenvalue weighted by Crippen LogP contribution is 2.46. The number of Topliss-reactive ketones (excluding diaryl/α,β-unsaturated/α-hetero) is 1. The smallest absolute Gasteiger partial charge is 0.337 e. The van der Waals surface area contributed by atoms with Crippen molar-refractivity contribution in [1.29, 1.82) is 0 Å². The van der Waals surface area contributed by atoms with Crippen LogP contribution >= 0.6 is 0 Å². The summed E-state index contributed by atoms with van der Waals surface area (Å²) in [5.74, 6) is -0.826. The van der Waals surface area contributed by atoms with E-state index in [0.717, 1.165) is 22.6 Å². The minimum absolute atomic E-state index is 0.0324. The first-order valence-corrected chi connectivity index (χ1v) is 12.1. The summed E-state index contributed by atoms with van der Waals surface area (Å²) in [6.45, 7) is 4.05. The molecule has 0 spiro atoms. The number of dihydropyridines is 1. The molecule has 2 aromatic rings. The number of nitrogens with one attached hydrogen (secondary N) is 1. The Hall–Kier alpha value is -3.87. The minimum Gasteiger partial charge on any atom is -0.496 e. The number of carbonyl (C=O) groups excluding carboxylic acids is 3. The summed E-state index contributed by atoms with van der Waals surface area (Å²) in [5, 5.41) is 3.35. The van der Waals surface area contributed by atoms with E-state index in [1.165, 1.54) is 7.11 Å². The highest BCUT2D eigenvalue weighted by Gasteiger charge is 2.41. The molecule has 0 unspecified atom stereocenters. The van der Waals surface area contributed by atoms with E-state index >= 15 is 0 Å². The van der Waals surface area contributed by atoms with E-state index in [1.54, 1.807) is 31.4 Å². The van der Waals surface area contributed by atoms with Crippen molar-refractivity contribution in [1.82, 2.24) is 5.32 Å². The molecular weight excluding hydrogens is 458 g/mol. The lowest BCUT2D eigenvalue weighted by molar-refractivity contribution is -0.139. The Morgan fingerprint density at radius 2 is 1.72 bits per heavy atom. The predicted octanol–water partition coefficient (Wildman–Crippen LogP) is 4.80. The quantitative estimate of drug-likeness (QED) is 0.559. The first-order valence-electron chi connectivity index (χ1n) is 12.1. The number of esters is 2. The molecule has 0 bridgehead atoms. The third-order valence-electron chi connectivity index (χ3n) is 6.73. The van der Waals surface area contributed by atoms with Gasteiger partial charge in [0.1, 0.15) is 5.75 Å². The number of hydrogen-bond donors (Lipinski definition) is 1. The molecule has 2 aliphatic rings. The monoisotopic (exact) mass is 489 g/mol. The highest BCUT2D eigenvalue weighted by molar-refractivity contribution is 6.04. The maximum Gasteiger partial charge on any atom is 0.337 e. The molecule has 0 radical (unpaired) electrons. The number of benzene rings is 2. The van der Waals surface area contributed by atoms with Crippen LogP contribution in [0.3, 0.4) is 0 Å². The topological polar surface area (TPSA) is 90.9 Å². The number of allylic oxidation sites excluding steroid dienone is 3. The number of ketones is 1. The summed E-state index contributed by atoms with van der Waals surface area (Å²) in [4.78, 5) is 38.9. The molecule has 7 heteroatoms.